The number of aliphatic hydroxyl groups excluding tert-OH is 2. The predicted molar refractivity (Wildman–Crippen MR) is 229 cm³/mol. The number of aliphatic hydroxyl groups is 2. The number of fused-ring (bicyclic) bond motifs is 5. The molecular formula is C49H78N2O4. The Bertz CT molecular complexity index is 1360. The van der Waals surface area contributed by atoms with E-state index in [1.54, 1.807) is 4.90 Å². The number of likely N-dealkylation sites (N-methyl/N-ethyl adjacent to an activating group) is 1. The number of carbonyl (C=O) groups is 2. The van der Waals surface area contributed by atoms with Crippen LogP contribution in [0.25, 0.3) is 0 Å². The van der Waals surface area contributed by atoms with Crippen LogP contribution in [0.1, 0.15) is 143 Å². The van der Waals surface area contributed by atoms with Crippen molar-refractivity contribution in [2.45, 2.75) is 155 Å². The molecule has 0 aliphatic heterocycles. The maximum Gasteiger partial charge on any atom is 0.222 e. The molecule has 0 aromatic rings. The van der Waals surface area contributed by atoms with Crippen molar-refractivity contribution < 1.29 is 19.8 Å². The van der Waals surface area contributed by atoms with Crippen LogP contribution in [0.15, 0.2) is 72.9 Å². The fourth-order valence-electron chi connectivity index (χ4n) is 11.3. The van der Waals surface area contributed by atoms with Gasteiger partial charge in [0.1, 0.15) is 0 Å². The molecule has 308 valence electrons. The van der Waals surface area contributed by atoms with E-state index in [9.17, 15) is 19.8 Å². The Morgan fingerprint density at radius 2 is 1.31 bits per heavy atom. The Kier molecular flexibility index (Phi) is 18.7. The van der Waals surface area contributed by atoms with Gasteiger partial charge in [0.15, 0.2) is 0 Å². The average Bonchev–Trinajstić information content (AvgIpc) is 3.52. The zero-order chi connectivity index (χ0) is 39.7. The van der Waals surface area contributed by atoms with Crippen molar-refractivity contribution in [3.05, 3.63) is 72.9 Å². The van der Waals surface area contributed by atoms with Gasteiger partial charge in [0.2, 0.25) is 11.8 Å². The van der Waals surface area contributed by atoms with Crippen molar-refractivity contribution in [2.24, 2.45) is 46.3 Å². The van der Waals surface area contributed by atoms with Crippen LogP contribution in [0, 0.1) is 46.3 Å². The van der Waals surface area contributed by atoms with E-state index in [1.807, 2.05) is 7.05 Å². The van der Waals surface area contributed by atoms with Gasteiger partial charge in [-0.1, -0.05) is 101 Å². The SMILES string of the molecule is CCC=CCC=CCC=CCC=CCC=CCC=CCCC(=O)N(C)CCNC(=O)CC[C@@H](C)C1CC[C@H]2[C@@H]3[C@H](O)C[C@@H]4C[C@H](O)CC[C@]4(C)[C@H]3CC[C@]12C. The first-order valence-corrected chi connectivity index (χ1v) is 22.3. The molecule has 1 unspecified atom stereocenters. The van der Waals surface area contributed by atoms with Crippen LogP contribution >= 0.6 is 0 Å². The molecule has 0 bridgehead atoms. The average molecular weight is 759 g/mol. The second-order valence-electron chi connectivity index (χ2n) is 18.1. The summed E-state index contributed by atoms with van der Waals surface area (Å²) < 4.78 is 0. The minimum absolute atomic E-state index is 0.0789. The Hall–Kier alpha value is -2.70. The number of rotatable bonds is 21. The number of hydrogen-bond donors (Lipinski definition) is 3. The summed E-state index contributed by atoms with van der Waals surface area (Å²) in [6.07, 6.45) is 42.8. The molecule has 4 saturated carbocycles. The van der Waals surface area contributed by atoms with Gasteiger partial charge in [-0.25, -0.2) is 0 Å². The fraction of sp³-hybridized carbons (Fsp3) is 0.714. The maximum absolute atomic E-state index is 12.9. The van der Waals surface area contributed by atoms with Crippen LogP contribution in [0.4, 0.5) is 0 Å². The van der Waals surface area contributed by atoms with Crippen LogP contribution in [0.5, 0.6) is 0 Å². The molecule has 4 aliphatic carbocycles. The lowest BCUT2D eigenvalue weighted by Gasteiger charge is -2.62. The lowest BCUT2D eigenvalue weighted by Crippen LogP contribution is -2.58. The standard InChI is InChI=1S/C49H78N2O4/c1-6-7-8-9-10-11-12-13-14-15-16-17-18-19-20-21-22-23-24-25-46(55)51(5)35-34-50-45(54)29-26-38(2)41-27-28-42-47-43(31-33-49(41,42)4)48(3)32-30-40(52)36-39(48)37-44(47)53/h7-8,10-11,13-14,16-17,19-20,22-23,38-44,47,52-53H,6,9,12,15,18,21,24-37H2,1-5H3,(H,50,54)/t38-,39+,40-,41?,42+,43+,44-,47+,48+,49-/m1/s1. The van der Waals surface area contributed by atoms with Crippen molar-refractivity contribution in [2.75, 3.05) is 20.1 Å². The number of amides is 2. The number of hydrogen-bond acceptors (Lipinski definition) is 4. The van der Waals surface area contributed by atoms with Gasteiger partial charge < -0.3 is 20.4 Å². The molecule has 0 aromatic heterocycles. The Labute approximate surface area is 335 Å². The summed E-state index contributed by atoms with van der Waals surface area (Å²) in [5.41, 5.74) is 0.475. The lowest BCUT2D eigenvalue weighted by atomic mass is 9.43. The molecular weight excluding hydrogens is 681 g/mol. The zero-order valence-electron chi connectivity index (χ0n) is 35.3. The normalized spacial score (nSPS) is 32.9. The third kappa shape index (κ3) is 12.9. The highest BCUT2D eigenvalue weighted by molar-refractivity contribution is 5.77. The van der Waals surface area contributed by atoms with Crippen LogP contribution in [0.2, 0.25) is 0 Å². The van der Waals surface area contributed by atoms with E-state index in [0.717, 1.165) is 77.0 Å². The van der Waals surface area contributed by atoms with Crippen LogP contribution < -0.4 is 5.32 Å². The number of allylic oxidation sites excluding steroid dienone is 12. The Morgan fingerprint density at radius 3 is 1.93 bits per heavy atom. The van der Waals surface area contributed by atoms with E-state index < -0.39 is 0 Å². The van der Waals surface area contributed by atoms with Gasteiger partial charge >= 0.3 is 0 Å². The molecule has 0 aromatic carbocycles. The molecule has 3 N–H and O–H groups in total. The molecule has 4 fully saturated rings. The quantitative estimate of drug-likeness (QED) is 0.102. The molecule has 0 radical (unpaired) electrons. The van der Waals surface area contributed by atoms with Gasteiger partial charge in [-0.3, -0.25) is 9.59 Å². The number of nitrogens with one attached hydrogen (secondary N) is 1. The van der Waals surface area contributed by atoms with Crippen molar-refractivity contribution >= 4 is 11.8 Å². The third-order valence-electron chi connectivity index (χ3n) is 14.6. The first kappa shape index (κ1) is 45.0. The van der Waals surface area contributed by atoms with Crippen LogP contribution in [0.3, 0.4) is 0 Å². The summed E-state index contributed by atoms with van der Waals surface area (Å²) in [4.78, 5) is 27.2. The number of carbonyl (C=O) groups excluding carboxylic acids is 2. The lowest BCUT2D eigenvalue weighted by molar-refractivity contribution is -0.174. The van der Waals surface area contributed by atoms with Crippen molar-refractivity contribution in [3.8, 4) is 0 Å². The molecule has 0 heterocycles. The summed E-state index contributed by atoms with van der Waals surface area (Å²) in [5.74, 6) is 3.17. The smallest absolute Gasteiger partial charge is 0.222 e. The molecule has 4 aliphatic rings. The summed E-state index contributed by atoms with van der Waals surface area (Å²) >= 11 is 0. The van der Waals surface area contributed by atoms with E-state index in [2.05, 4.69) is 106 Å². The minimum atomic E-state index is -0.250. The van der Waals surface area contributed by atoms with E-state index in [4.69, 9.17) is 0 Å². The van der Waals surface area contributed by atoms with E-state index in [-0.39, 0.29) is 34.9 Å². The first-order chi connectivity index (χ1) is 26.5. The molecule has 6 nitrogen and oxygen atoms in total. The first-order valence-electron chi connectivity index (χ1n) is 22.3. The van der Waals surface area contributed by atoms with Crippen LogP contribution in [-0.4, -0.2) is 59.3 Å². The molecule has 4 rings (SSSR count). The summed E-state index contributed by atoms with van der Waals surface area (Å²) in [5, 5.41) is 25.0. The van der Waals surface area contributed by atoms with Gasteiger partial charge in [-0.2, -0.15) is 0 Å². The second-order valence-corrected chi connectivity index (χ2v) is 18.1. The van der Waals surface area contributed by atoms with E-state index in [0.29, 0.717) is 61.4 Å². The van der Waals surface area contributed by atoms with Gasteiger partial charge in [0.05, 0.1) is 12.2 Å². The second kappa shape index (κ2) is 22.9. The van der Waals surface area contributed by atoms with E-state index >= 15 is 0 Å². The van der Waals surface area contributed by atoms with Crippen LogP contribution in [-0.2, 0) is 9.59 Å². The molecule has 2 amide bonds. The highest BCUT2D eigenvalue weighted by atomic mass is 16.3. The molecule has 55 heavy (non-hydrogen) atoms. The minimum Gasteiger partial charge on any atom is -0.393 e. The third-order valence-corrected chi connectivity index (χ3v) is 14.6. The van der Waals surface area contributed by atoms with Gasteiger partial charge in [0, 0.05) is 33.0 Å². The predicted octanol–water partition coefficient (Wildman–Crippen LogP) is 10.4. The molecule has 6 heteroatoms. The van der Waals surface area contributed by atoms with E-state index in [1.165, 1.54) is 25.7 Å². The molecule has 0 spiro atoms. The highest BCUT2D eigenvalue weighted by Gasteiger charge is 2.62. The summed E-state index contributed by atoms with van der Waals surface area (Å²) in [6.45, 7) is 10.5. The fourth-order valence-corrected chi connectivity index (χ4v) is 11.3. The summed E-state index contributed by atoms with van der Waals surface area (Å²) in [7, 11) is 1.82. The Morgan fingerprint density at radius 1 is 0.745 bits per heavy atom. The topological polar surface area (TPSA) is 89.9 Å². The highest BCUT2D eigenvalue weighted by Crippen LogP contribution is 2.68. The molecule has 0 saturated heterocycles. The molecule has 10 atom stereocenters. The largest absolute Gasteiger partial charge is 0.393 e. The van der Waals surface area contributed by atoms with Gasteiger partial charge in [0.25, 0.3) is 0 Å². The van der Waals surface area contributed by atoms with Crippen molar-refractivity contribution in [1.82, 2.24) is 10.2 Å². The van der Waals surface area contributed by atoms with Crippen molar-refractivity contribution in [1.29, 1.82) is 0 Å². The number of nitrogens with zero attached hydrogens (tertiary/aromatic N) is 1. The summed E-state index contributed by atoms with van der Waals surface area (Å²) in [6, 6.07) is 0. The van der Waals surface area contributed by atoms with Gasteiger partial charge in [-0.15, -0.1) is 0 Å². The Balaban J connectivity index is 1.05. The van der Waals surface area contributed by atoms with Gasteiger partial charge in [-0.05, 0) is 149 Å². The zero-order valence-corrected chi connectivity index (χ0v) is 35.3. The monoisotopic (exact) mass is 759 g/mol. The maximum atomic E-state index is 12.9. The van der Waals surface area contributed by atoms with Crippen molar-refractivity contribution in [3.63, 3.8) is 0 Å².